The number of amides is 2. The number of aliphatic carboxylic acids is 1. The average Bonchev–Trinajstić information content (AvgIpc) is 2.25. The number of hydrogen-bond acceptors (Lipinski definition) is 4. The highest BCUT2D eigenvalue weighted by atomic mass is 16.4. The molecule has 0 saturated heterocycles. The number of likely N-dealkylation sites (N-methyl/N-ethyl adjacent to an activating group) is 1. The van der Waals surface area contributed by atoms with Gasteiger partial charge in [-0.25, -0.2) is 0 Å². The van der Waals surface area contributed by atoms with Gasteiger partial charge in [0.05, 0.1) is 12.5 Å². The Morgan fingerprint density at radius 3 is 2.16 bits per heavy atom. The van der Waals surface area contributed by atoms with Gasteiger partial charge in [-0.2, -0.15) is 0 Å². The van der Waals surface area contributed by atoms with Crippen molar-refractivity contribution in [2.24, 2.45) is 11.7 Å². The number of nitrogens with zero attached hydrogens (tertiary/aromatic N) is 1. The van der Waals surface area contributed by atoms with Gasteiger partial charge >= 0.3 is 5.97 Å². The molecule has 0 aliphatic rings. The molecule has 19 heavy (non-hydrogen) atoms. The summed E-state index contributed by atoms with van der Waals surface area (Å²) >= 11 is 0. The second kappa shape index (κ2) is 7.73. The van der Waals surface area contributed by atoms with Crippen LogP contribution in [-0.2, 0) is 14.4 Å². The smallest absolute Gasteiger partial charge is 0.305 e. The maximum Gasteiger partial charge on any atom is 0.305 e. The monoisotopic (exact) mass is 273 g/mol. The summed E-state index contributed by atoms with van der Waals surface area (Å²) in [5.74, 6) is -1.79. The number of nitrogens with one attached hydrogen (secondary N) is 1. The number of carboxylic acids is 1. The largest absolute Gasteiger partial charge is 0.481 e. The van der Waals surface area contributed by atoms with Crippen molar-refractivity contribution < 1.29 is 19.5 Å². The molecular formula is C12H23N3O4. The Balaban J connectivity index is 4.67. The zero-order valence-corrected chi connectivity index (χ0v) is 11.8. The van der Waals surface area contributed by atoms with Gasteiger partial charge in [-0.15, -0.1) is 0 Å². The number of carboxylic acid groups (broad SMARTS) is 1. The summed E-state index contributed by atoms with van der Waals surface area (Å²) < 4.78 is 0. The van der Waals surface area contributed by atoms with Crippen molar-refractivity contribution in [2.75, 3.05) is 14.1 Å². The van der Waals surface area contributed by atoms with E-state index in [1.807, 2.05) is 13.8 Å². The van der Waals surface area contributed by atoms with Crippen LogP contribution in [0.15, 0.2) is 0 Å². The van der Waals surface area contributed by atoms with Gasteiger partial charge in [-0.3, -0.25) is 14.4 Å². The first-order chi connectivity index (χ1) is 8.65. The van der Waals surface area contributed by atoms with E-state index in [4.69, 9.17) is 10.8 Å². The third-order valence-corrected chi connectivity index (χ3v) is 2.49. The van der Waals surface area contributed by atoms with E-state index in [1.54, 1.807) is 14.1 Å². The van der Waals surface area contributed by atoms with E-state index >= 15 is 0 Å². The van der Waals surface area contributed by atoms with Crippen LogP contribution in [0.4, 0.5) is 0 Å². The van der Waals surface area contributed by atoms with Crippen LogP contribution in [0.25, 0.3) is 0 Å². The lowest BCUT2D eigenvalue weighted by Crippen LogP contribution is -2.52. The van der Waals surface area contributed by atoms with Gasteiger partial charge in [-0.1, -0.05) is 13.8 Å². The molecule has 0 spiro atoms. The van der Waals surface area contributed by atoms with Gasteiger partial charge in [0.1, 0.15) is 6.04 Å². The summed E-state index contributed by atoms with van der Waals surface area (Å²) in [6, 6.07) is -1.83. The fourth-order valence-electron chi connectivity index (χ4n) is 1.56. The maximum absolute atomic E-state index is 11.9. The van der Waals surface area contributed by atoms with Crippen molar-refractivity contribution in [1.82, 2.24) is 10.2 Å². The van der Waals surface area contributed by atoms with Crippen molar-refractivity contribution >= 4 is 17.8 Å². The first kappa shape index (κ1) is 17.4. The molecule has 7 nitrogen and oxygen atoms in total. The molecule has 0 radical (unpaired) electrons. The Labute approximate surface area is 113 Å². The van der Waals surface area contributed by atoms with Crippen LogP contribution in [0.2, 0.25) is 0 Å². The molecule has 110 valence electrons. The molecule has 0 aliphatic heterocycles. The Morgan fingerprint density at radius 2 is 1.79 bits per heavy atom. The molecule has 0 aromatic rings. The summed E-state index contributed by atoms with van der Waals surface area (Å²) in [6.45, 7) is 3.86. The van der Waals surface area contributed by atoms with Gasteiger partial charge < -0.3 is 21.1 Å². The van der Waals surface area contributed by atoms with Crippen LogP contribution < -0.4 is 11.1 Å². The minimum atomic E-state index is -1.15. The normalized spacial score (nSPS) is 13.8. The fourth-order valence-corrected chi connectivity index (χ4v) is 1.56. The van der Waals surface area contributed by atoms with E-state index in [9.17, 15) is 14.4 Å². The Morgan fingerprint density at radius 1 is 1.26 bits per heavy atom. The van der Waals surface area contributed by atoms with Crippen LogP contribution in [0.5, 0.6) is 0 Å². The third-order valence-electron chi connectivity index (χ3n) is 2.49. The summed E-state index contributed by atoms with van der Waals surface area (Å²) in [5.41, 5.74) is 5.46. The zero-order chi connectivity index (χ0) is 15.2. The highest BCUT2D eigenvalue weighted by Gasteiger charge is 2.26. The molecule has 0 aromatic heterocycles. The van der Waals surface area contributed by atoms with Crippen LogP contribution in [0.3, 0.4) is 0 Å². The number of carbonyl (C=O) groups is 3. The van der Waals surface area contributed by atoms with E-state index in [1.165, 1.54) is 4.90 Å². The van der Waals surface area contributed by atoms with Crippen molar-refractivity contribution in [2.45, 2.75) is 38.8 Å². The maximum atomic E-state index is 11.9. The van der Waals surface area contributed by atoms with Gasteiger partial charge in [0.25, 0.3) is 0 Å². The molecule has 0 fully saturated rings. The van der Waals surface area contributed by atoms with Gasteiger partial charge in [0, 0.05) is 14.1 Å². The van der Waals surface area contributed by atoms with E-state index in [0.717, 1.165) is 0 Å². The predicted octanol–water partition coefficient (Wildman–Crippen LogP) is -0.592. The van der Waals surface area contributed by atoms with Crippen molar-refractivity contribution in [3.05, 3.63) is 0 Å². The minimum absolute atomic E-state index is 0.213. The minimum Gasteiger partial charge on any atom is -0.481 e. The molecule has 0 bridgehead atoms. The standard InChI is InChI=1S/C12H23N3O4/c1-7(2)5-9(12(19)15(3)4)14-11(18)8(13)6-10(16)17/h7-9H,5-6,13H2,1-4H3,(H,14,18)(H,16,17). The van der Waals surface area contributed by atoms with E-state index < -0.39 is 30.4 Å². The lowest BCUT2D eigenvalue weighted by molar-refractivity contribution is -0.140. The van der Waals surface area contributed by atoms with Crippen LogP contribution in [0, 0.1) is 5.92 Å². The number of hydrogen-bond donors (Lipinski definition) is 3. The molecular weight excluding hydrogens is 250 g/mol. The molecule has 2 amide bonds. The summed E-state index contributed by atoms with van der Waals surface area (Å²) in [7, 11) is 3.19. The number of rotatable bonds is 7. The second-order valence-corrected chi connectivity index (χ2v) is 5.13. The van der Waals surface area contributed by atoms with Crippen LogP contribution >= 0.6 is 0 Å². The van der Waals surface area contributed by atoms with E-state index in [-0.39, 0.29) is 11.8 Å². The van der Waals surface area contributed by atoms with Gasteiger partial charge in [0.2, 0.25) is 11.8 Å². The molecule has 0 aromatic carbocycles. The second-order valence-electron chi connectivity index (χ2n) is 5.13. The van der Waals surface area contributed by atoms with Crippen LogP contribution in [-0.4, -0.2) is 54.0 Å². The molecule has 2 unspecified atom stereocenters. The van der Waals surface area contributed by atoms with Crippen molar-refractivity contribution in [3.8, 4) is 0 Å². The van der Waals surface area contributed by atoms with E-state index in [2.05, 4.69) is 5.32 Å². The van der Waals surface area contributed by atoms with Gasteiger partial charge in [-0.05, 0) is 12.3 Å². The lowest BCUT2D eigenvalue weighted by Gasteiger charge is -2.24. The molecule has 0 heterocycles. The lowest BCUT2D eigenvalue weighted by atomic mass is 10.0. The quantitative estimate of drug-likeness (QED) is 0.573. The molecule has 2 atom stereocenters. The first-order valence-corrected chi connectivity index (χ1v) is 6.14. The first-order valence-electron chi connectivity index (χ1n) is 6.14. The van der Waals surface area contributed by atoms with E-state index in [0.29, 0.717) is 6.42 Å². The summed E-state index contributed by atoms with van der Waals surface area (Å²) in [4.78, 5) is 35.5. The fraction of sp³-hybridized carbons (Fsp3) is 0.750. The molecule has 7 heteroatoms. The predicted molar refractivity (Wildman–Crippen MR) is 70.3 cm³/mol. The number of carbonyl (C=O) groups excluding carboxylic acids is 2. The Bertz CT molecular complexity index is 342. The summed E-state index contributed by atoms with van der Waals surface area (Å²) in [6.07, 6.45) is 0.0128. The average molecular weight is 273 g/mol. The highest BCUT2D eigenvalue weighted by molar-refractivity contribution is 5.91. The topological polar surface area (TPSA) is 113 Å². The molecule has 0 rings (SSSR count). The Kier molecular flexibility index (Phi) is 7.06. The van der Waals surface area contributed by atoms with Crippen LogP contribution in [0.1, 0.15) is 26.7 Å². The number of nitrogens with two attached hydrogens (primary N) is 1. The summed E-state index contributed by atoms with van der Waals surface area (Å²) in [5, 5.41) is 11.1. The van der Waals surface area contributed by atoms with Crippen molar-refractivity contribution in [1.29, 1.82) is 0 Å². The van der Waals surface area contributed by atoms with Crippen molar-refractivity contribution in [3.63, 3.8) is 0 Å². The molecule has 4 N–H and O–H groups in total. The molecule has 0 aliphatic carbocycles. The van der Waals surface area contributed by atoms with Gasteiger partial charge in [0.15, 0.2) is 0 Å². The highest BCUT2D eigenvalue weighted by Crippen LogP contribution is 2.07. The molecule has 0 saturated carbocycles. The third kappa shape index (κ3) is 6.76. The Hall–Kier alpha value is -1.63. The SMILES string of the molecule is CC(C)CC(NC(=O)C(N)CC(=O)O)C(=O)N(C)C. The zero-order valence-electron chi connectivity index (χ0n) is 11.8.